The van der Waals surface area contributed by atoms with Crippen LogP contribution in [0.15, 0.2) is 108 Å². The van der Waals surface area contributed by atoms with Gasteiger partial charge in [-0.25, -0.2) is 10.1 Å². The molecule has 0 bridgehead atoms. The smallest absolute Gasteiger partial charge is 0.271 e. The first kappa shape index (κ1) is 27.0. The van der Waals surface area contributed by atoms with E-state index in [1.54, 1.807) is 54.4 Å². The minimum atomic E-state index is -0.356. The van der Waals surface area contributed by atoms with Gasteiger partial charge in [0.1, 0.15) is 23.8 Å². The van der Waals surface area contributed by atoms with Crippen LogP contribution in [-0.2, 0) is 6.61 Å². The molecule has 0 fully saturated rings. The number of rotatable bonds is 9. The minimum Gasteiger partial charge on any atom is -0.497 e. The van der Waals surface area contributed by atoms with Gasteiger partial charge in [0.25, 0.3) is 5.91 Å². The van der Waals surface area contributed by atoms with Gasteiger partial charge in [0.15, 0.2) is 0 Å². The number of para-hydroxylation sites is 1. The van der Waals surface area contributed by atoms with Crippen molar-refractivity contribution in [1.82, 2.24) is 15.2 Å². The van der Waals surface area contributed by atoms with E-state index in [9.17, 15) is 4.79 Å². The van der Waals surface area contributed by atoms with Crippen LogP contribution >= 0.6 is 23.2 Å². The van der Waals surface area contributed by atoms with Crippen molar-refractivity contribution in [2.75, 3.05) is 7.11 Å². The highest BCUT2D eigenvalue weighted by atomic mass is 35.5. The van der Waals surface area contributed by atoms with E-state index >= 15 is 0 Å². The zero-order chi connectivity index (χ0) is 27.9. The third kappa shape index (κ3) is 6.51. The summed E-state index contributed by atoms with van der Waals surface area (Å²) in [6.45, 7) is 0.277. The molecule has 0 aliphatic heterocycles. The van der Waals surface area contributed by atoms with Crippen LogP contribution in [0.4, 0.5) is 0 Å². The highest BCUT2D eigenvalue weighted by Crippen LogP contribution is 2.25. The van der Waals surface area contributed by atoms with Crippen molar-refractivity contribution in [2.24, 2.45) is 5.10 Å². The highest BCUT2D eigenvalue weighted by Gasteiger charge is 2.12. The number of ether oxygens (including phenoxy) is 2. The minimum absolute atomic E-state index is 0.277. The molecule has 0 aliphatic carbocycles. The Kier molecular flexibility index (Phi) is 8.44. The average Bonchev–Trinajstić information content (AvgIpc) is 3.41. The highest BCUT2D eigenvalue weighted by molar-refractivity contribution is 6.35. The SMILES string of the molecule is COc1ccc(-c2nn(-c3ccccc3)cc2/C=N/NC(=O)c2ccc(OCc3ccc(Cl)cc3Cl)cc2)cc1. The number of nitrogens with one attached hydrogen (secondary N) is 1. The van der Waals surface area contributed by atoms with E-state index in [0.29, 0.717) is 27.1 Å². The molecule has 4 aromatic carbocycles. The molecule has 1 N–H and O–H groups in total. The van der Waals surface area contributed by atoms with Crippen LogP contribution < -0.4 is 14.9 Å². The number of aromatic nitrogens is 2. The number of carbonyl (C=O) groups is 1. The largest absolute Gasteiger partial charge is 0.497 e. The number of nitrogens with zero attached hydrogens (tertiary/aromatic N) is 3. The number of carbonyl (C=O) groups excluding carboxylic acids is 1. The fraction of sp³-hybridized carbons (Fsp3) is 0.0645. The lowest BCUT2D eigenvalue weighted by atomic mass is 10.1. The molecule has 40 heavy (non-hydrogen) atoms. The molecular formula is C31H24Cl2N4O3. The number of hydrogen-bond donors (Lipinski definition) is 1. The molecule has 5 aromatic rings. The Morgan fingerprint density at radius 3 is 2.38 bits per heavy atom. The van der Waals surface area contributed by atoms with E-state index in [0.717, 1.165) is 28.1 Å². The Bertz CT molecular complexity index is 1630. The normalized spacial score (nSPS) is 11.0. The molecule has 0 atom stereocenters. The van der Waals surface area contributed by atoms with E-state index in [4.69, 9.17) is 37.8 Å². The van der Waals surface area contributed by atoms with Gasteiger partial charge in [-0.2, -0.15) is 10.2 Å². The van der Waals surface area contributed by atoms with Gasteiger partial charge < -0.3 is 9.47 Å². The molecule has 1 heterocycles. The maximum Gasteiger partial charge on any atom is 0.271 e. The number of halogens is 2. The summed E-state index contributed by atoms with van der Waals surface area (Å²) in [5.41, 5.74) is 7.07. The molecule has 0 aliphatic rings. The van der Waals surface area contributed by atoms with E-state index in [2.05, 4.69) is 10.5 Å². The Morgan fingerprint density at radius 2 is 1.68 bits per heavy atom. The zero-order valence-corrected chi connectivity index (χ0v) is 22.9. The van der Waals surface area contributed by atoms with Crippen LogP contribution in [0.5, 0.6) is 11.5 Å². The first-order chi connectivity index (χ1) is 19.5. The molecule has 0 unspecified atom stereocenters. The first-order valence-corrected chi connectivity index (χ1v) is 13.1. The summed E-state index contributed by atoms with van der Waals surface area (Å²) in [6, 6.07) is 29.4. The molecule has 1 amide bonds. The maximum atomic E-state index is 12.7. The fourth-order valence-electron chi connectivity index (χ4n) is 3.90. The van der Waals surface area contributed by atoms with Crippen molar-refractivity contribution in [2.45, 2.75) is 6.61 Å². The average molecular weight is 571 g/mol. The van der Waals surface area contributed by atoms with E-state index < -0.39 is 0 Å². The number of hydrogen-bond acceptors (Lipinski definition) is 5. The quantitative estimate of drug-likeness (QED) is 0.150. The summed E-state index contributed by atoms with van der Waals surface area (Å²) < 4.78 is 12.8. The van der Waals surface area contributed by atoms with Crippen molar-refractivity contribution >= 4 is 35.3 Å². The molecule has 9 heteroatoms. The summed E-state index contributed by atoms with van der Waals surface area (Å²) >= 11 is 12.1. The standard InChI is InChI=1S/C31H24Cl2N4O3/c1-39-27-13-8-21(9-14-27)30-24(19-37(36-30)26-5-3-2-4-6-26)18-34-35-31(38)22-10-15-28(16-11-22)40-20-23-7-12-25(32)17-29(23)33/h2-19H,20H2,1H3,(H,35,38)/b34-18+. The van der Waals surface area contributed by atoms with Gasteiger partial charge in [-0.15, -0.1) is 0 Å². The third-order valence-corrected chi connectivity index (χ3v) is 6.61. The molecule has 5 rings (SSSR count). The Morgan fingerprint density at radius 1 is 0.950 bits per heavy atom. The topological polar surface area (TPSA) is 77.7 Å². The van der Waals surface area contributed by atoms with Crippen LogP contribution in [0.3, 0.4) is 0 Å². The van der Waals surface area contributed by atoms with Crippen LogP contribution in [0.2, 0.25) is 10.0 Å². The predicted octanol–water partition coefficient (Wildman–Crippen LogP) is 7.20. The predicted molar refractivity (Wildman–Crippen MR) is 158 cm³/mol. The van der Waals surface area contributed by atoms with Crippen LogP contribution in [0.1, 0.15) is 21.5 Å². The van der Waals surface area contributed by atoms with Crippen molar-refractivity contribution in [1.29, 1.82) is 0 Å². The van der Waals surface area contributed by atoms with E-state index in [1.807, 2.05) is 66.9 Å². The molecule has 1 aromatic heterocycles. The van der Waals surface area contributed by atoms with Gasteiger partial charge in [0, 0.05) is 38.5 Å². The van der Waals surface area contributed by atoms with Gasteiger partial charge in [0.05, 0.1) is 19.0 Å². The Hall–Kier alpha value is -4.59. The number of methoxy groups -OCH3 is 1. The van der Waals surface area contributed by atoms with Gasteiger partial charge in [0.2, 0.25) is 0 Å². The lowest BCUT2D eigenvalue weighted by Gasteiger charge is -2.08. The van der Waals surface area contributed by atoms with Crippen LogP contribution in [-0.4, -0.2) is 29.0 Å². The van der Waals surface area contributed by atoms with Crippen molar-refractivity contribution < 1.29 is 14.3 Å². The number of amides is 1. The first-order valence-electron chi connectivity index (χ1n) is 12.3. The molecule has 0 spiro atoms. The van der Waals surface area contributed by atoms with Crippen molar-refractivity contribution in [3.63, 3.8) is 0 Å². The van der Waals surface area contributed by atoms with E-state index in [1.165, 1.54) is 0 Å². The second-order valence-electron chi connectivity index (χ2n) is 8.69. The second-order valence-corrected chi connectivity index (χ2v) is 9.53. The third-order valence-electron chi connectivity index (χ3n) is 6.02. The summed E-state index contributed by atoms with van der Waals surface area (Å²) in [6.07, 6.45) is 3.45. The zero-order valence-electron chi connectivity index (χ0n) is 21.4. The van der Waals surface area contributed by atoms with E-state index in [-0.39, 0.29) is 12.5 Å². The Balaban J connectivity index is 1.27. The molecular weight excluding hydrogens is 547 g/mol. The summed E-state index contributed by atoms with van der Waals surface area (Å²) in [5.74, 6) is 0.993. The van der Waals surface area contributed by atoms with Gasteiger partial charge in [-0.3, -0.25) is 4.79 Å². The molecule has 200 valence electrons. The number of hydrazone groups is 1. The molecule has 0 saturated heterocycles. The number of benzene rings is 4. The van der Waals surface area contributed by atoms with Gasteiger partial charge in [-0.1, -0.05) is 47.5 Å². The van der Waals surface area contributed by atoms with Crippen molar-refractivity contribution in [3.05, 3.63) is 130 Å². The van der Waals surface area contributed by atoms with Gasteiger partial charge >= 0.3 is 0 Å². The van der Waals surface area contributed by atoms with Crippen LogP contribution in [0, 0.1) is 0 Å². The second kappa shape index (κ2) is 12.5. The summed E-state index contributed by atoms with van der Waals surface area (Å²) in [5, 5.41) is 10.1. The van der Waals surface area contributed by atoms with Gasteiger partial charge in [-0.05, 0) is 72.8 Å². The lowest BCUT2D eigenvalue weighted by molar-refractivity contribution is 0.0955. The summed E-state index contributed by atoms with van der Waals surface area (Å²) in [7, 11) is 1.62. The monoisotopic (exact) mass is 570 g/mol. The molecule has 7 nitrogen and oxygen atoms in total. The van der Waals surface area contributed by atoms with Crippen molar-refractivity contribution in [3.8, 4) is 28.4 Å². The summed E-state index contributed by atoms with van der Waals surface area (Å²) in [4.78, 5) is 12.7. The molecule has 0 radical (unpaired) electrons. The van der Waals surface area contributed by atoms with Crippen LogP contribution in [0.25, 0.3) is 16.9 Å². The Labute approximate surface area is 241 Å². The molecule has 0 saturated carbocycles. The lowest BCUT2D eigenvalue weighted by Crippen LogP contribution is -2.17. The fourth-order valence-corrected chi connectivity index (χ4v) is 4.36. The maximum absolute atomic E-state index is 12.7.